The lowest BCUT2D eigenvalue weighted by Gasteiger charge is -2.19. The molecule has 1 nitrogen and oxygen atoms in total. The molecule has 0 aliphatic heterocycles. The van der Waals surface area contributed by atoms with Gasteiger partial charge in [0.15, 0.2) is 0 Å². The smallest absolute Gasteiger partial charge is 0.295 e. The van der Waals surface area contributed by atoms with Gasteiger partial charge in [0.1, 0.15) is 6.10 Å². The Hall–Kier alpha value is -0.740. The van der Waals surface area contributed by atoms with E-state index in [1.54, 1.807) is 12.1 Å². The first-order valence-corrected chi connectivity index (χ1v) is 4.71. The van der Waals surface area contributed by atoms with E-state index < -0.39 is 12.0 Å². The molecule has 0 saturated heterocycles. The lowest BCUT2D eigenvalue weighted by molar-refractivity contribution is -0.0712. The number of halogens is 3. The van der Waals surface area contributed by atoms with Crippen molar-refractivity contribution in [1.82, 2.24) is 0 Å². The van der Waals surface area contributed by atoms with E-state index in [9.17, 15) is 13.9 Å². The average Bonchev–Trinajstić information content (AvgIpc) is 2.18. The highest BCUT2D eigenvalue weighted by atomic mass is 79.9. The maximum Gasteiger partial charge on any atom is 0.295 e. The van der Waals surface area contributed by atoms with Crippen molar-refractivity contribution >= 4 is 15.9 Å². The predicted molar refractivity (Wildman–Crippen MR) is 54.2 cm³/mol. The SMILES string of the molecule is C=CC(F)(F)[C@@H](O)c1ccc(Br)cc1. The van der Waals surface area contributed by atoms with E-state index in [0.717, 1.165) is 4.47 Å². The molecule has 0 amide bonds. The standard InChI is InChI=1S/C10H9BrF2O/c1-2-10(12,13)9(14)7-3-5-8(11)6-4-7/h2-6,9,14H,1H2/t9-/m0/s1. The molecule has 0 fully saturated rings. The van der Waals surface area contributed by atoms with Crippen LogP contribution in [0, 0.1) is 0 Å². The van der Waals surface area contributed by atoms with Crippen LogP contribution < -0.4 is 0 Å². The molecule has 4 heteroatoms. The van der Waals surface area contributed by atoms with Gasteiger partial charge in [0.05, 0.1) is 0 Å². The first-order chi connectivity index (χ1) is 6.47. The van der Waals surface area contributed by atoms with E-state index in [-0.39, 0.29) is 5.56 Å². The fourth-order valence-corrected chi connectivity index (χ4v) is 1.24. The summed E-state index contributed by atoms with van der Waals surface area (Å²) >= 11 is 3.17. The molecule has 1 atom stereocenters. The maximum absolute atomic E-state index is 13.0. The van der Waals surface area contributed by atoms with E-state index >= 15 is 0 Å². The highest BCUT2D eigenvalue weighted by molar-refractivity contribution is 9.10. The van der Waals surface area contributed by atoms with Gasteiger partial charge in [-0.1, -0.05) is 34.6 Å². The topological polar surface area (TPSA) is 20.2 Å². The van der Waals surface area contributed by atoms with E-state index in [1.807, 2.05) is 0 Å². The summed E-state index contributed by atoms with van der Waals surface area (Å²) in [4.78, 5) is 0. The molecule has 0 spiro atoms. The van der Waals surface area contributed by atoms with E-state index in [2.05, 4.69) is 22.5 Å². The van der Waals surface area contributed by atoms with Gasteiger partial charge in [0, 0.05) is 4.47 Å². The second-order valence-electron chi connectivity index (χ2n) is 2.83. The van der Waals surface area contributed by atoms with Crippen LogP contribution in [-0.4, -0.2) is 11.0 Å². The van der Waals surface area contributed by atoms with Crippen LogP contribution in [0.1, 0.15) is 11.7 Å². The van der Waals surface area contributed by atoms with Gasteiger partial charge >= 0.3 is 0 Å². The first kappa shape index (κ1) is 11.3. The Balaban J connectivity index is 2.95. The van der Waals surface area contributed by atoms with E-state index in [0.29, 0.717) is 6.08 Å². The van der Waals surface area contributed by atoms with Gasteiger partial charge < -0.3 is 5.11 Å². The zero-order valence-electron chi connectivity index (χ0n) is 7.25. The van der Waals surface area contributed by atoms with E-state index in [1.165, 1.54) is 12.1 Å². The summed E-state index contributed by atoms with van der Waals surface area (Å²) in [7, 11) is 0. The van der Waals surface area contributed by atoms with Crippen molar-refractivity contribution in [1.29, 1.82) is 0 Å². The van der Waals surface area contributed by atoms with E-state index in [4.69, 9.17) is 0 Å². The minimum Gasteiger partial charge on any atom is -0.382 e. The molecule has 0 bridgehead atoms. The number of hydrogen-bond donors (Lipinski definition) is 1. The normalized spacial score (nSPS) is 13.7. The fourth-order valence-electron chi connectivity index (χ4n) is 0.979. The van der Waals surface area contributed by atoms with Crippen molar-refractivity contribution in [2.75, 3.05) is 0 Å². The Labute approximate surface area is 89.2 Å². The highest BCUT2D eigenvalue weighted by Gasteiger charge is 2.35. The minimum absolute atomic E-state index is 0.165. The molecule has 0 aliphatic rings. The average molecular weight is 263 g/mol. The summed E-state index contributed by atoms with van der Waals surface area (Å²) < 4.78 is 26.7. The van der Waals surface area contributed by atoms with Crippen LogP contribution in [0.5, 0.6) is 0 Å². The molecule has 0 radical (unpaired) electrons. The van der Waals surface area contributed by atoms with Crippen LogP contribution in [-0.2, 0) is 0 Å². The molecule has 0 heterocycles. The molecule has 0 saturated carbocycles. The van der Waals surface area contributed by atoms with Crippen molar-refractivity contribution in [3.05, 3.63) is 47.0 Å². The van der Waals surface area contributed by atoms with Crippen molar-refractivity contribution in [2.24, 2.45) is 0 Å². The number of aliphatic hydroxyl groups excluding tert-OH is 1. The third-order valence-electron chi connectivity index (χ3n) is 1.82. The van der Waals surface area contributed by atoms with Gasteiger partial charge in [-0.3, -0.25) is 0 Å². The van der Waals surface area contributed by atoms with Gasteiger partial charge in [-0.05, 0) is 23.8 Å². The molecular formula is C10H9BrF2O. The largest absolute Gasteiger partial charge is 0.382 e. The van der Waals surface area contributed by atoms with Crippen LogP contribution in [0.4, 0.5) is 8.78 Å². The van der Waals surface area contributed by atoms with Crippen molar-refractivity contribution in [3.63, 3.8) is 0 Å². The van der Waals surface area contributed by atoms with Gasteiger partial charge in [0.2, 0.25) is 0 Å². The van der Waals surface area contributed by atoms with Crippen LogP contribution >= 0.6 is 15.9 Å². The third kappa shape index (κ3) is 2.39. The summed E-state index contributed by atoms with van der Waals surface area (Å²) in [6.45, 7) is 2.98. The summed E-state index contributed by atoms with van der Waals surface area (Å²) in [6.07, 6.45) is -1.40. The molecule has 1 aromatic rings. The van der Waals surface area contributed by atoms with Crippen LogP contribution in [0.2, 0.25) is 0 Å². The Morgan fingerprint density at radius 2 is 1.86 bits per heavy atom. The monoisotopic (exact) mass is 262 g/mol. The molecule has 0 aliphatic carbocycles. The van der Waals surface area contributed by atoms with Gasteiger partial charge in [0.25, 0.3) is 5.92 Å². The molecular weight excluding hydrogens is 254 g/mol. The molecule has 14 heavy (non-hydrogen) atoms. The highest BCUT2D eigenvalue weighted by Crippen LogP contribution is 2.32. The summed E-state index contributed by atoms with van der Waals surface area (Å²) in [5.41, 5.74) is 0.165. The van der Waals surface area contributed by atoms with Crippen LogP contribution in [0.25, 0.3) is 0 Å². The van der Waals surface area contributed by atoms with Crippen molar-refractivity contribution < 1.29 is 13.9 Å². The quantitative estimate of drug-likeness (QED) is 0.829. The maximum atomic E-state index is 13.0. The number of rotatable bonds is 3. The number of benzene rings is 1. The number of alkyl halides is 2. The summed E-state index contributed by atoms with van der Waals surface area (Å²) in [5, 5.41) is 9.30. The Kier molecular flexibility index (Phi) is 3.39. The van der Waals surface area contributed by atoms with Gasteiger partial charge in [-0.2, -0.15) is 8.78 Å². The zero-order valence-corrected chi connectivity index (χ0v) is 8.84. The lowest BCUT2D eigenvalue weighted by atomic mass is 10.0. The predicted octanol–water partition coefficient (Wildman–Crippen LogP) is 3.30. The van der Waals surface area contributed by atoms with Crippen molar-refractivity contribution in [3.8, 4) is 0 Å². The van der Waals surface area contributed by atoms with Gasteiger partial charge in [-0.15, -0.1) is 0 Å². The molecule has 0 aromatic heterocycles. The summed E-state index contributed by atoms with van der Waals surface area (Å²) in [6, 6.07) is 6.06. The van der Waals surface area contributed by atoms with Crippen LogP contribution in [0.3, 0.4) is 0 Å². The lowest BCUT2D eigenvalue weighted by Crippen LogP contribution is -2.23. The Morgan fingerprint density at radius 3 is 2.29 bits per heavy atom. The third-order valence-corrected chi connectivity index (χ3v) is 2.35. The number of aliphatic hydroxyl groups is 1. The van der Waals surface area contributed by atoms with Gasteiger partial charge in [-0.25, -0.2) is 0 Å². The Bertz CT molecular complexity index is 321. The molecule has 0 unspecified atom stereocenters. The molecule has 1 aromatic carbocycles. The second-order valence-corrected chi connectivity index (χ2v) is 3.75. The fraction of sp³-hybridized carbons (Fsp3) is 0.200. The molecule has 1 N–H and O–H groups in total. The second kappa shape index (κ2) is 4.19. The molecule has 76 valence electrons. The minimum atomic E-state index is -3.30. The Morgan fingerprint density at radius 1 is 1.36 bits per heavy atom. The zero-order chi connectivity index (χ0) is 10.8. The van der Waals surface area contributed by atoms with Crippen LogP contribution in [0.15, 0.2) is 41.4 Å². The van der Waals surface area contributed by atoms with Crippen molar-refractivity contribution in [2.45, 2.75) is 12.0 Å². The first-order valence-electron chi connectivity index (χ1n) is 3.92. The summed E-state index contributed by atoms with van der Waals surface area (Å²) in [5.74, 6) is -3.30. The number of hydrogen-bond acceptors (Lipinski definition) is 1. The molecule has 1 rings (SSSR count).